The van der Waals surface area contributed by atoms with Gasteiger partial charge in [0.2, 0.25) is 0 Å². The minimum Gasteiger partial charge on any atom is -0.383 e. The highest BCUT2D eigenvalue weighted by Gasteiger charge is 2.26. The van der Waals surface area contributed by atoms with E-state index < -0.39 is 11.2 Å². The predicted molar refractivity (Wildman–Crippen MR) is 118 cm³/mol. The lowest BCUT2D eigenvalue weighted by atomic mass is 10.1. The minimum absolute atomic E-state index is 0.0185. The molecule has 2 rings (SSSR count). The van der Waals surface area contributed by atoms with Gasteiger partial charge in [0, 0.05) is 38.4 Å². The van der Waals surface area contributed by atoms with Crippen molar-refractivity contribution in [1.82, 2.24) is 9.55 Å². The summed E-state index contributed by atoms with van der Waals surface area (Å²) in [6.07, 6.45) is 1.60. The first kappa shape index (κ1) is 22.3. The van der Waals surface area contributed by atoms with Crippen molar-refractivity contribution in [3.63, 3.8) is 0 Å². The van der Waals surface area contributed by atoms with E-state index >= 15 is 0 Å². The lowest BCUT2D eigenvalue weighted by Crippen LogP contribution is -2.42. The van der Waals surface area contributed by atoms with E-state index in [0.717, 1.165) is 18.5 Å². The van der Waals surface area contributed by atoms with E-state index in [0.29, 0.717) is 18.7 Å². The van der Waals surface area contributed by atoms with Gasteiger partial charge in [0.05, 0.1) is 0 Å². The number of hydrogen-bond acceptors (Lipinski definition) is 5. The standard InChI is InChI=1S/C21H31N5O3/c1-6-7-11-25-18(22)17(19(27)23-21(25)29)26(13-14(2)3)20(28)15-9-8-10-16(12-15)24(4)5/h8-10,12,14H,6-7,11,13,22H2,1-5H3,(H,23,27,29). The van der Waals surface area contributed by atoms with Gasteiger partial charge in [0.15, 0.2) is 5.69 Å². The highest BCUT2D eigenvalue weighted by atomic mass is 16.2. The van der Waals surface area contributed by atoms with Gasteiger partial charge < -0.3 is 15.5 Å². The Hall–Kier alpha value is -3.03. The van der Waals surface area contributed by atoms with Gasteiger partial charge in [0.25, 0.3) is 11.5 Å². The monoisotopic (exact) mass is 401 g/mol. The van der Waals surface area contributed by atoms with E-state index in [4.69, 9.17) is 5.73 Å². The van der Waals surface area contributed by atoms with Crippen LogP contribution in [0.2, 0.25) is 0 Å². The van der Waals surface area contributed by atoms with Gasteiger partial charge in [-0.15, -0.1) is 0 Å². The number of rotatable bonds is 8. The number of benzene rings is 1. The molecule has 0 aliphatic rings. The number of carbonyl (C=O) groups excluding carboxylic acids is 1. The van der Waals surface area contributed by atoms with Crippen LogP contribution in [0.4, 0.5) is 17.2 Å². The highest BCUT2D eigenvalue weighted by molar-refractivity contribution is 6.07. The SMILES string of the molecule is CCCCn1c(N)c(N(CC(C)C)C(=O)c2cccc(N(C)C)c2)c(=O)[nH]c1=O. The van der Waals surface area contributed by atoms with Crippen molar-refractivity contribution >= 4 is 23.1 Å². The van der Waals surface area contributed by atoms with Gasteiger partial charge in [-0.05, 0) is 30.5 Å². The zero-order valence-electron chi connectivity index (χ0n) is 17.9. The molecular formula is C21H31N5O3. The van der Waals surface area contributed by atoms with Crippen LogP contribution in [0.3, 0.4) is 0 Å². The van der Waals surface area contributed by atoms with Gasteiger partial charge >= 0.3 is 5.69 Å². The Morgan fingerprint density at radius 2 is 1.93 bits per heavy atom. The third kappa shape index (κ3) is 5.07. The number of amides is 1. The Kier molecular flexibility index (Phi) is 7.25. The summed E-state index contributed by atoms with van der Waals surface area (Å²) in [5.74, 6) is -0.226. The van der Waals surface area contributed by atoms with Crippen molar-refractivity contribution in [1.29, 1.82) is 0 Å². The third-order valence-electron chi connectivity index (χ3n) is 4.62. The van der Waals surface area contributed by atoms with Crippen LogP contribution in [0.1, 0.15) is 44.0 Å². The van der Waals surface area contributed by atoms with Crippen molar-refractivity contribution < 1.29 is 4.79 Å². The molecule has 0 radical (unpaired) electrons. The molecule has 158 valence electrons. The van der Waals surface area contributed by atoms with Crippen LogP contribution in [0.25, 0.3) is 0 Å². The fourth-order valence-electron chi connectivity index (χ4n) is 3.09. The molecule has 8 heteroatoms. The number of nitrogens with one attached hydrogen (secondary N) is 1. The van der Waals surface area contributed by atoms with E-state index in [-0.39, 0.29) is 23.3 Å². The lowest BCUT2D eigenvalue weighted by Gasteiger charge is -2.26. The van der Waals surface area contributed by atoms with E-state index in [2.05, 4.69) is 4.98 Å². The van der Waals surface area contributed by atoms with Crippen molar-refractivity contribution in [2.24, 2.45) is 5.92 Å². The van der Waals surface area contributed by atoms with Crippen LogP contribution < -0.4 is 26.8 Å². The van der Waals surface area contributed by atoms with Crippen LogP contribution in [-0.4, -0.2) is 36.1 Å². The summed E-state index contributed by atoms with van der Waals surface area (Å²) in [6.45, 7) is 6.58. The number of anilines is 3. The Balaban J connectivity index is 2.61. The number of nitrogen functional groups attached to an aromatic ring is 1. The number of aromatic amines is 1. The Morgan fingerprint density at radius 1 is 1.24 bits per heavy atom. The fourth-order valence-corrected chi connectivity index (χ4v) is 3.09. The molecule has 0 fully saturated rings. The number of hydrogen-bond donors (Lipinski definition) is 2. The van der Waals surface area contributed by atoms with Gasteiger partial charge in [0.1, 0.15) is 5.82 Å². The zero-order chi connectivity index (χ0) is 21.7. The molecule has 1 heterocycles. The normalized spacial score (nSPS) is 11.0. The molecule has 1 amide bonds. The van der Waals surface area contributed by atoms with Crippen molar-refractivity contribution in [2.75, 3.05) is 36.2 Å². The Morgan fingerprint density at radius 3 is 2.52 bits per heavy atom. The molecule has 29 heavy (non-hydrogen) atoms. The van der Waals surface area contributed by atoms with Crippen LogP contribution >= 0.6 is 0 Å². The number of nitrogens with zero attached hydrogens (tertiary/aromatic N) is 3. The molecule has 0 saturated heterocycles. The van der Waals surface area contributed by atoms with Crippen LogP contribution in [0.5, 0.6) is 0 Å². The molecule has 3 N–H and O–H groups in total. The summed E-state index contributed by atoms with van der Waals surface area (Å²) in [7, 11) is 3.78. The summed E-state index contributed by atoms with van der Waals surface area (Å²) in [5, 5.41) is 0. The van der Waals surface area contributed by atoms with Gasteiger partial charge in [-0.2, -0.15) is 0 Å². The maximum Gasteiger partial charge on any atom is 0.330 e. The van der Waals surface area contributed by atoms with E-state index in [1.54, 1.807) is 18.2 Å². The first-order valence-corrected chi connectivity index (χ1v) is 9.89. The second-order valence-corrected chi connectivity index (χ2v) is 7.75. The summed E-state index contributed by atoms with van der Waals surface area (Å²) in [4.78, 5) is 43.9. The smallest absolute Gasteiger partial charge is 0.330 e. The largest absolute Gasteiger partial charge is 0.383 e. The lowest BCUT2D eigenvalue weighted by molar-refractivity contribution is 0.0983. The molecule has 0 atom stereocenters. The molecular weight excluding hydrogens is 370 g/mol. The van der Waals surface area contributed by atoms with Gasteiger partial charge in [-0.25, -0.2) is 4.79 Å². The van der Waals surface area contributed by atoms with Gasteiger partial charge in [-0.1, -0.05) is 33.3 Å². The molecule has 0 bridgehead atoms. The molecule has 1 aromatic heterocycles. The molecule has 2 aromatic rings. The average molecular weight is 402 g/mol. The fraction of sp³-hybridized carbons (Fsp3) is 0.476. The molecule has 0 unspecified atom stereocenters. The average Bonchev–Trinajstić information content (AvgIpc) is 2.66. The summed E-state index contributed by atoms with van der Waals surface area (Å²) >= 11 is 0. The number of unbranched alkanes of at least 4 members (excludes halogenated alkanes) is 1. The van der Waals surface area contributed by atoms with Crippen LogP contribution in [0, 0.1) is 5.92 Å². The van der Waals surface area contributed by atoms with Crippen molar-refractivity contribution in [3.8, 4) is 0 Å². The van der Waals surface area contributed by atoms with Crippen LogP contribution in [0.15, 0.2) is 33.9 Å². The zero-order valence-corrected chi connectivity index (χ0v) is 17.9. The first-order chi connectivity index (χ1) is 13.7. The third-order valence-corrected chi connectivity index (χ3v) is 4.62. The van der Waals surface area contributed by atoms with Crippen molar-refractivity contribution in [3.05, 3.63) is 50.7 Å². The molecule has 1 aromatic carbocycles. The summed E-state index contributed by atoms with van der Waals surface area (Å²) in [5.41, 5.74) is 6.36. The molecule has 0 spiro atoms. The van der Waals surface area contributed by atoms with Crippen LogP contribution in [-0.2, 0) is 6.54 Å². The second-order valence-electron chi connectivity index (χ2n) is 7.75. The maximum atomic E-state index is 13.4. The van der Waals surface area contributed by atoms with Gasteiger partial charge in [-0.3, -0.25) is 19.1 Å². The van der Waals surface area contributed by atoms with E-state index in [1.165, 1.54) is 9.47 Å². The van der Waals surface area contributed by atoms with E-state index in [1.807, 2.05) is 45.8 Å². The Bertz CT molecular complexity index is 975. The first-order valence-electron chi connectivity index (χ1n) is 9.89. The molecule has 8 nitrogen and oxygen atoms in total. The molecule has 0 saturated carbocycles. The summed E-state index contributed by atoms with van der Waals surface area (Å²) in [6, 6.07) is 7.18. The number of nitrogens with two attached hydrogens (primary N) is 1. The Labute approximate surface area is 170 Å². The number of carbonyl (C=O) groups is 1. The second kappa shape index (κ2) is 9.45. The molecule has 0 aliphatic heterocycles. The quantitative estimate of drug-likeness (QED) is 0.706. The number of aromatic nitrogens is 2. The predicted octanol–water partition coefficient (Wildman–Crippen LogP) is 2.29. The maximum absolute atomic E-state index is 13.4. The van der Waals surface area contributed by atoms with E-state index in [9.17, 15) is 14.4 Å². The molecule has 0 aliphatic carbocycles. The topological polar surface area (TPSA) is 104 Å². The summed E-state index contributed by atoms with van der Waals surface area (Å²) < 4.78 is 1.33. The highest BCUT2D eigenvalue weighted by Crippen LogP contribution is 2.23. The number of H-pyrrole nitrogens is 1. The van der Waals surface area contributed by atoms with Crippen molar-refractivity contribution in [2.45, 2.75) is 40.2 Å². The minimum atomic E-state index is -0.655.